The molecular weight excluding hydrogens is 621 g/mol. The summed E-state index contributed by atoms with van der Waals surface area (Å²) in [4.78, 5) is 12.9. The van der Waals surface area contributed by atoms with Gasteiger partial charge in [-0.05, 0) is 79.8 Å². The van der Waals surface area contributed by atoms with E-state index >= 15 is 0 Å². The number of fused-ring (bicyclic) bond motifs is 4. The first-order chi connectivity index (χ1) is 25.2. The van der Waals surface area contributed by atoms with E-state index in [1.807, 2.05) is 6.07 Å². The van der Waals surface area contributed by atoms with Crippen molar-refractivity contribution in [3.05, 3.63) is 181 Å². The first-order valence-electron chi connectivity index (χ1n) is 17.9. The molecule has 0 radical (unpaired) electrons. The molecule has 4 nitrogen and oxygen atoms in total. The molecule has 1 aliphatic heterocycles. The van der Waals surface area contributed by atoms with Crippen LogP contribution in [-0.2, 0) is 6.42 Å². The zero-order valence-electron chi connectivity index (χ0n) is 28.7. The smallest absolute Gasteiger partial charge is 0.160 e. The van der Waals surface area contributed by atoms with Gasteiger partial charge in [-0.25, -0.2) is 9.97 Å². The van der Waals surface area contributed by atoms with Crippen molar-refractivity contribution in [2.75, 3.05) is 4.90 Å². The van der Waals surface area contributed by atoms with Crippen molar-refractivity contribution >= 4 is 38.8 Å². The van der Waals surface area contributed by atoms with Crippen molar-refractivity contribution in [2.45, 2.75) is 32.2 Å². The molecule has 2 aromatic heterocycles. The highest BCUT2D eigenvalue weighted by molar-refractivity contribution is 6.09. The lowest BCUT2D eigenvalue weighted by molar-refractivity contribution is 0.859. The molecule has 246 valence electrons. The average molecular weight is 659 g/mol. The van der Waals surface area contributed by atoms with Crippen LogP contribution < -0.4 is 4.90 Å². The average Bonchev–Trinajstić information content (AvgIpc) is 3.56. The number of nitrogens with zero attached hydrogens (tertiary/aromatic N) is 4. The Morgan fingerprint density at radius 1 is 0.608 bits per heavy atom. The second kappa shape index (κ2) is 13.2. The van der Waals surface area contributed by atoms with Crippen molar-refractivity contribution in [3.8, 4) is 28.3 Å². The lowest BCUT2D eigenvalue weighted by atomic mass is 9.99. The quantitative estimate of drug-likeness (QED) is 0.185. The molecule has 0 saturated carbocycles. The maximum absolute atomic E-state index is 5.31. The van der Waals surface area contributed by atoms with Gasteiger partial charge in [0.2, 0.25) is 0 Å². The third-order valence-corrected chi connectivity index (χ3v) is 10.0. The van der Waals surface area contributed by atoms with Gasteiger partial charge in [0.15, 0.2) is 5.82 Å². The van der Waals surface area contributed by atoms with Gasteiger partial charge in [-0.3, -0.25) is 0 Å². The maximum atomic E-state index is 5.31. The van der Waals surface area contributed by atoms with Crippen LogP contribution in [0.2, 0.25) is 0 Å². The van der Waals surface area contributed by atoms with E-state index in [0.717, 1.165) is 59.0 Å². The Kier molecular flexibility index (Phi) is 7.98. The summed E-state index contributed by atoms with van der Waals surface area (Å²) >= 11 is 0. The zero-order valence-corrected chi connectivity index (χ0v) is 28.7. The Morgan fingerprint density at radius 3 is 2.10 bits per heavy atom. The van der Waals surface area contributed by atoms with Gasteiger partial charge < -0.3 is 9.47 Å². The summed E-state index contributed by atoms with van der Waals surface area (Å²) in [7, 11) is 0. The molecule has 1 unspecified atom stereocenters. The van der Waals surface area contributed by atoms with Crippen LogP contribution in [0.3, 0.4) is 0 Å². The Balaban J connectivity index is 1.34. The SMILES string of the molecule is CC1/C=C\C=C/Cc2ccccc2N1c1cc(-c2cc(C3=CC=CCC3)nc(-c3ccccc3)n2)cc(-n2c3ccccc3c3ccccc32)c1. The van der Waals surface area contributed by atoms with Crippen LogP contribution in [0.25, 0.3) is 55.7 Å². The van der Waals surface area contributed by atoms with Crippen LogP contribution in [0.5, 0.6) is 0 Å². The summed E-state index contributed by atoms with van der Waals surface area (Å²) in [5.74, 6) is 0.734. The molecule has 0 N–H and O–H groups in total. The van der Waals surface area contributed by atoms with Crippen molar-refractivity contribution < 1.29 is 0 Å². The number of aromatic nitrogens is 3. The predicted octanol–water partition coefficient (Wildman–Crippen LogP) is 11.8. The topological polar surface area (TPSA) is 34.0 Å². The molecule has 5 aromatic carbocycles. The van der Waals surface area contributed by atoms with Crippen LogP contribution >= 0.6 is 0 Å². The fourth-order valence-corrected chi connectivity index (χ4v) is 7.60. The molecule has 1 atom stereocenters. The molecule has 0 spiro atoms. The number of benzene rings is 5. The van der Waals surface area contributed by atoms with E-state index in [9.17, 15) is 0 Å². The minimum absolute atomic E-state index is 0.0928. The standard InChI is InChI=1S/C47H38N4/c1-33-17-5-2-8-20-35-21-11-14-26-44(35)50(33)38-29-37(30-39(31-38)51-45-27-15-12-24-40(45)41-25-13-16-28-46(41)51)43-32-42(34-18-6-3-7-19-34)48-47(49-43)36-22-9-4-10-23-36/h2-6,8-18,21-33H,7,19-20H2,1H3/b8-2-,17-5-. The van der Waals surface area contributed by atoms with Gasteiger partial charge in [0, 0.05) is 45.0 Å². The molecule has 51 heavy (non-hydrogen) atoms. The summed E-state index contributed by atoms with van der Waals surface area (Å²) in [6.07, 6.45) is 18.3. The Labute approximate surface area is 299 Å². The van der Waals surface area contributed by atoms with Crippen LogP contribution in [0.15, 0.2) is 170 Å². The number of anilines is 2. The zero-order chi connectivity index (χ0) is 34.1. The van der Waals surface area contributed by atoms with Gasteiger partial charge in [0.05, 0.1) is 22.4 Å². The molecule has 0 bridgehead atoms. The largest absolute Gasteiger partial charge is 0.334 e. The third kappa shape index (κ3) is 5.79. The van der Waals surface area contributed by atoms with Gasteiger partial charge in [-0.15, -0.1) is 0 Å². The van der Waals surface area contributed by atoms with Gasteiger partial charge in [-0.2, -0.15) is 0 Å². The second-order valence-electron chi connectivity index (χ2n) is 13.4. The van der Waals surface area contributed by atoms with E-state index in [-0.39, 0.29) is 6.04 Å². The molecule has 7 aromatic rings. The normalized spacial score (nSPS) is 17.0. The van der Waals surface area contributed by atoms with Crippen LogP contribution in [-0.4, -0.2) is 20.6 Å². The highest BCUT2D eigenvalue weighted by Crippen LogP contribution is 2.40. The van der Waals surface area contributed by atoms with Gasteiger partial charge in [0.1, 0.15) is 0 Å². The summed E-state index contributed by atoms with van der Waals surface area (Å²) in [6, 6.07) is 45.8. The first kappa shape index (κ1) is 30.8. The number of allylic oxidation sites excluding steroid dienone is 7. The van der Waals surface area contributed by atoms with Gasteiger partial charge >= 0.3 is 0 Å². The molecule has 1 aliphatic carbocycles. The third-order valence-electron chi connectivity index (χ3n) is 10.0. The minimum Gasteiger partial charge on any atom is -0.334 e. The minimum atomic E-state index is 0.0928. The number of rotatable bonds is 5. The lowest BCUT2D eigenvalue weighted by Crippen LogP contribution is -2.27. The fourth-order valence-electron chi connectivity index (χ4n) is 7.60. The van der Waals surface area contributed by atoms with E-state index in [1.165, 1.54) is 38.6 Å². The second-order valence-corrected chi connectivity index (χ2v) is 13.4. The Hall–Kier alpha value is -6.26. The molecule has 0 amide bonds. The van der Waals surface area contributed by atoms with Crippen LogP contribution in [0.4, 0.5) is 11.4 Å². The van der Waals surface area contributed by atoms with Crippen molar-refractivity contribution in [1.82, 2.24) is 14.5 Å². The molecule has 9 rings (SSSR count). The molecule has 0 fully saturated rings. The fraction of sp³-hybridized carbons (Fsp3) is 0.106. The van der Waals surface area contributed by atoms with Crippen LogP contribution in [0, 0.1) is 0 Å². The van der Waals surface area contributed by atoms with Gasteiger partial charge in [-0.1, -0.05) is 127 Å². The number of hydrogen-bond donors (Lipinski definition) is 0. The van der Waals surface area contributed by atoms with Crippen molar-refractivity contribution in [3.63, 3.8) is 0 Å². The maximum Gasteiger partial charge on any atom is 0.160 e. The highest BCUT2D eigenvalue weighted by Gasteiger charge is 2.22. The summed E-state index contributed by atoms with van der Waals surface area (Å²) in [6.45, 7) is 2.28. The van der Waals surface area contributed by atoms with E-state index in [1.54, 1.807) is 0 Å². The lowest BCUT2D eigenvalue weighted by Gasteiger charge is -2.32. The molecule has 2 aliphatic rings. The Morgan fingerprint density at radius 2 is 1.31 bits per heavy atom. The molecule has 4 heteroatoms. The number of hydrogen-bond acceptors (Lipinski definition) is 3. The van der Waals surface area contributed by atoms with Crippen molar-refractivity contribution in [1.29, 1.82) is 0 Å². The summed E-state index contributed by atoms with van der Waals surface area (Å²) < 4.78 is 2.41. The molecule has 0 saturated heterocycles. The monoisotopic (exact) mass is 658 g/mol. The van der Waals surface area contributed by atoms with Crippen LogP contribution in [0.1, 0.15) is 31.0 Å². The molecule has 3 heterocycles. The van der Waals surface area contributed by atoms with E-state index in [2.05, 4.69) is 180 Å². The van der Waals surface area contributed by atoms with Gasteiger partial charge in [0.25, 0.3) is 0 Å². The molecular formula is C47H38N4. The first-order valence-corrected chi connectivity index (χ1v) is 17.9. The Bertz CT molecular complexity index is 2480. The summed E-state index contributed by atoms with van der Waals surface area (Å²) in [5.41, 5.74) is 12.2. The van der Waals surface area contributed by atoms with E-state index < -0.39 is 0 Å². The predicted molar refractivity (Wildman–Crippen MR) is 214 cm³/mol. The van der Waals surface area contributed by atoms with E-state index in [0.29, 0.717) is 0 Å². The number of para-hydroxylation sites is 3. The summed E-state index contributed by atoms with van der Waals surface area (Å²) in [5, 5.41) is 2.48. The van der Waals surface area contributed by atoms with Crippen molar-refractivity contribution in [2.24, 2.45) is 0 Å². The highest BCUT2D eigenvalue weighted by atomic mass is 15.2. The van der Waals surface area contributed by atoms with E-state index in [4.69, 9.17) is 9.97 Å².